The van der Waals surface area contributed by atoms with E-state index in [1.807, 2.05) is 52.0 Å². The van der Waals surface area contributed by atoms with E-state index in [-0.39, 0.29) is 36.9 Å². The minimum absolute atomic E-state index is 0. The predicted molar refractivity (Wildman–Crippen MR) is 173 cm³/mol. The summed E-state index contributed by atoms with van der Waals surface area (Å²) in [5.74, 6) is 4.19. The van der Waals surface area contributed by atoms with Crippen molar-refractivity contribution >= 4 is 58.4 Å². The van der Waals surface area contributed by atoms with E-state index in [4.69, 9.17) is 29.8 Å². The van der Waals surface area contributed by atoms with Gasteiger partial charge in [0.2, 0.25) is 0 Å². The normalized spacial score (nSPS) is 12.2. The molecule has 2 aromatic carbocycles. The van der Waals surface area contributed by atoms with Gasteiger partial charge >= 0.3 is 0 Å². The van der Waals surface area contributed by atoms with Crippen LogP contribution in [-0.4, -0.2) is 38.0 Å². The van der Waals surface area contributed by atoms with Crippen molar-refractivity contribution in [1.29, 1.82) is 0 Å². The van der Waals surface area contributed by atoms with Crippen molar-refractivity contribution < 1.29 is 18.3 Å². The fraction of sp³-hybridized carbons (Fsp3) is 0.419. The number of ether oxygens (including phenoxy) is 2. The second kappa shape index (κ2) is 15.0. The molecule has 0 atom stereocenters. The Morgan fingerprint density at radius 3 is 1.39 bits per heavy atom. The molecule has 4 aromatic rings. The number of amidine groups is 2. The number of halogens is 2. The maximum atomic E-state index is 6.20. The van der Waals surface area contributed by atoms with Crippen LogP contribution in [0.5, 0.6) is 11.5 Å². The van der Waals surface area contributed by atoms with E-state index in [9.17, 15) is 0 Å². The number of aliphatic imine (C=N–C) groups is 2. The molecule has 0 aliphatic heterocycles. The molecule has 2 heterocycles. The molecule has 0 bridgehead atoms. The van der Waals surface area contributed by atoms with Gasteiger partial charge in [-0.3, -0.25) is 9.98 Å². The number of methoxy groups -OCH3 is 2. The molecular weight excluding hydrogens is 563 g/mol. The van der Waals surface area contributed by atoms with Crippen molar-refractivity contribution in [3.05, 3.63) is 59.0 Å². The number of aryl methyl sites for hydroxylation is 2. The maximum Gasteiger partial charge on any atom is 0.176 e. The van der Waals surface area contributed by atoms with Crippen molar-refractivity contribution in [1.82, 2.24) is 0 Å². The third kappa shape index (κ3) is 8.33. The number of unbranched alkanes of at least 4 members (excludes halogenated alkanes) is 2. The fourth-order valence-corrected chi connectivity index (χ4v) is 4.67. The van der Waals surface area contributed by atoms with Gasteiger partial charge in [-0.25, -0.2) is 0 Å². The lowest BCUT2D eigenvalue weighted by molar-refractivity contribution is 0.406. The summed E-state index contributed by atoms with van der Waals surface area (Å²) in [4.78, 5) is 8.92. The molecule has 2 aromatic heterocycles. The van der Waals surface area contributed by atoms with Gasteiger partial charge < -0.3 is 29.8 Å². The highest BCUT2D eigenvalue weighted by Gasteiger charge is 2.15. The molecule has 4 rings (SSSR count). The lowest BCUT2D eigenvalue weighted by atomic mass is 10.1. The minimum Gasteiger partial charge on any atom is -0.493 e. The lowest BCUT2D eigenvalue weighted by Crippen LogP contribution is -2.15. The Hall–Kier alpha value is -3.36. The predicted octanol–water partition coefficient (Wildman–Crippen LogP) is 7.22. The van der Waals surface area contributed by atoms with Crippen molar-refractivity contribution in [2.45, 2.75) is 71.9 Å². The van der Waals surface area contributed by atoms with Crippen LogP contribution >= 0.6 is 24.8 Å². The minimum atomic E-state index is 0. The van der Waals surface area contributed by atoms with Gasteiger partial charge in [0.25, 0.3) is 0 Å². The number of hydrogen-bond donors (Lipinski definition) is 2. The van der Waals surface area contributed by atoms with Crippen molar-refractivity contribution in [3.63, 3.8) is 0 Å². The van der Waals surface area contributed by atoms with Gasteiger partial charge in [0.1, 0.15) is 23.2 Å². The summed E-state index contributed by atoms with van der Waals surface area (Å²) in [5, 5.41) is 1.94. The number of fused-ring (bicyclic) bond motifs is 2. The first kappa shape index (κ1) is 33.8. The zero-order chi connectivity index (χ0) is 28.1. The number of furan rings is 2. The van der Waals surface area contributed by atoms with Gasteiger partial charge in [-0.1, -0.05) is 6.42 Å². The molecule has 0 aliphatic rings. The van der Waals surface area contributed by atoms with E-state index in [2.05, 4.69) is 22.1 Å². The Kier molecular flexibility index (Phi) is 12.4. The van der Waals surface area contributed by atoms with Crippen molar-refractivity contribution in [2.24, 2.45) is 21.5 Å². The van der Waals surface area contributed by atoms with Crippen molar-refractivity contribution in [2.75, 3.05) is 14.2 Å². The van der Waals surface area contributed by atoms with E-state index in [0.717, 1.165) is 76.7 Å². The van der Waals surface area contributed by atoms with Crippen LogP contribution < -0.4 is 20.9 Å². The summed E-state index contributed by atoms with van der Waals surface area (Å²) >= 11 is 0. The van der Waals surface area contributed by atoms with E-state index in [0.29, 0.717) is 23.2 Å². The lowest BCUT2D eigenvalue weighted by Gasteiger charge is -2.07. The molecule has 4 N–H and O–H groups in total. The zero-order valence-electron chi connectivity index (χ0n) is 24.7. The molecular formula is C31H42Cl2N4O4. The maximum absolute atomic E-state index is 6.20. The number of rotatable bonds is 12. The Morgan fingerprint density at radius 2 is 1.05 bits per heavy atom. The van der Waals surface area contributed by atoms with Crippen LogP contribution in [0.4, 0.5) is 0 Å². The summed E-state index contributed by atoms with van der Waals surface area (Å²) in [7, 11) is 3.28. The molecule has 0 unspecified atom stereocenters. The van der Waals surface area contributed by atoms with Crippen LogP contribution in [0.2, 0.25) is 0 Å². The fourth-order valence-electron chi connectivity index (χ4n) is 4.67. The summed E-state index contributed by atoms with van der Waals surface area (Å²) in [6.45, 7) is 8.00. The molecule has 10 heteroatoms. The quantitative estimate of drug-likeness (QED) is 0.0999. The first-order valence-electron chi connectivity index (χ1n) is 13.6. The zero-order valence-corrected chi connectivity index (χ0v) is 26.3. The van der Waals surface area contributed by atoms with E-state index < -0.39 is 0 Å². The molecule has 0 radical (unpaired) electrons. The molecule has 41 heavy (non-hydrogen) atoms. The van der Waals surface area contributed by atoms with Crippen LogP contribution in [0.25, 0.3) is 21.9 Å². The molecule has 0 aliphatic carbocycles. The molecule has 0 amide bonds. The second-order valence-corrected chi connectivity index (χ2v) is 10.4. The van der Waals surface area contributed by atoms with Crippen LogP contribution in [0.3, 0.4) is 0 Å². The van der Waals surface area contributed by atoms with Crippen LogP contribution in [-0.2, 0) is 12.8 Å². The third-order valence-corrected chi connectivity index (χ3v) is 6.44. The highest BCUT2D eigenvalue weighted by Crippen LogP contribution is 2.33. The first-order valence-corrected chi connectivity index (χ1v) is 13.6. The number of nitrogens with two attached hydrogens (primary N) is 2. The number of nitrogens with zero attached hydrogens (tertiary/aromatic N) is 2. The van der Waals surface area contributed by atoms with Gasteiger partial charge in [0.05, 0.1) is 14.2 Å². The van der Waals surface area contributed by atoms with Crippen LogP contribution in [0.15, 0.2) is 55.2 Å². The topological polar surface area (TPSA) is 122 Å². The highest BCUT2D eigenvalue weighted by atomic mass is 35.5. The summed E-state index contributed by atoms with van der Waals surface area (Å²) < 4.78 is 23.4. The summed E-state index contributed by atoms with van der Waals surface area (Å²) in [6, 6.07) is 12.2. The number of hydrogen-bond acceptors (Lipinski definition) is 6. The average Bonchev–Trinajstić information content (AvgIpc) is 3.49. The Balaban J connectivity index is 0.00000294. The summed E-state index contributed by atoms with van der Waals surface area (Å²) in [6.07, 6.45) is 4.73. The van der Waals surface area contributed by atoms with Gasteiger partial charge in [-0.05, 0) is 76.9 Å². The third-order valence-electron chi connectivity index (χ3n) is 6.44. The van der Waals surface area contributed by atoms with E-state index in [1.54, 1.807) is 14.2 Å². The standard InChI is InChI=1S/C31H40N4O4.2ClH/c1-18(2)34-30(32)22-12-20-14-24(38-28(20)26(16-22)36-5)10-8-7-9-11-25-15-21-13-23(31(33)35-19(3)4)17-27(37-6)29(21)39-25;;/h12-19H,7-11H2,1-6H3,(H2,32,34)(H2,33,35);2*1H. The Bertz CT molecular complexity index is 1390. The molecule has 224 valence electrons. The SMILES string of the molecule is COc1cc(C(N)=NC(C)C)cc2cc(CCCCCc3cc4cc(C(N)=NC(C)C)cc(OC)c4o3)oc12.Cl.Cl. The monoisotopic (exact) mass is 604 g/mol. The summed E-state index contributed by atoms with van der Waals surface area (Å²) in [5.41, 5.74) is 15.5. The second-order valence-electron chi connectivity index (χ2n) is 10.4. The average molecular weight is 606 g/mol. The smallest absolute Gasteiger partial charge is 0.176 e. The molecule has 0 saturated carbocycles. The van der Waals surface area contributed by atoms with Crippen LogP contribution in [0.1, 0.15) is 69.6 Å². The first-order chi connectivity index (χ1) is 18.7. The molecule has 0 fully saturated rings. The largest absolute Gasteiger partial charge is 0.493 e. The molecule has 8 nitrogen and oxygen atoms in total. The van der Waals surface area contributed by atoms with Gasteiger partial charge in [0, 0.05) is 46.8 Å². The van der Waals surface area contributed by atoms with Gasteiger partial charge in [0.15, 0.2) is 22.7 Å². The van der Waals surface area contributed by atoms with Gasteiger partial charge in [-0.2, -0.15) is 0 Å². The molecule has 0 spiro atoms. The van der Waals surface area contributed by atoms with Crippen molar-refractivity contribution in [3.8, 4) is 11.5 Å². The Labute approximate surface area is 254 Å². The molecule has 0 saturated heterocycles. The van der Waals surface area contributed by atoms with E-state index in [1.165, 1.54) is 0 Å². The van der Waals surface area contributed by atoms with E-state index >= 15 is 0 Å². The van der Waals surface area contributed by atoms with Crippen LogP contribution in [0, 0.1) is 0 Å². The Morgan fingerprint density at radius 1 is 0.659 bits per heavy atom. The highest BCUT2D eigenvalue weighted by molar-refractivity contribution is 6.03. The number of benzene rings is 2. The van der Waals surface area contributed by atoms with Gasteiger partial charge in [-0.15, -0.1) is 24.8 Å².